The van der Waals surface area contributed by atoms with Crippen LogP contribution in [-0.2, 0) is 20.7 Å². The molecule has 3 unspecified atom stereocenters. The first-order valence-corrected chi connectivity index (χ1v) is 12.4. The summed E-state index contributed by atoms with van der Waals surface area (Å²) in [4.78, 5) is 53.8. The van der Waals surface area contributed by atoms with E-state index in [-0.39, 0.29) is 17.9 Å². The first kappa shape index (κ1) is 25.6. The van der Waals surface area contributed by atoms with Gasteiger partial charge in [-0.25, -0.2) is 0 Å². The summed E-state index contributed by atoms with van der Waals surface area (Å²) >= 11 is 0. The van der Waals surface area contributed by atoms with Crippen LogP contribution in [0.3, 0.4) is 0 Å². The molecule has 1 aromatic heterocycles. The Hall–Kier alpha value is -3.46. The van der Waals surface area contributed by atoms with Crippen molar-refractivity contribution >= 4 is 17.6 Å². The molecule has 0 radical (unpaired) electrons. The Balaban J connectivity index is 1.54. The Kier molecular flexibility index (Phi) is 7.88. The molecule has 9 heteroatoms. The molecule has 9 nitrogen and oxygen atoms in total. The molecule has 0 bridgehead atoms. The van der Waals surface area contributed by atoms with Gasteiger partial charge in [0.1, 0.15) is 23.1 Å². The van der Waals surface area contributed by atoms with Gasteiger partial charge < -0.3 is 25.1 Å². The molecule has 1 saturated heterocycles. The van der Waals surface area contributed by atoms with Crippen LogP contribution in [0.15, 0.2) is 47.3 Å². The third kappa shape index (κ3) is 6.40. The van der Waals surface area contributed by atoms with E-state index in [0.29, 0.717) is 24.7 Å². The number of Topliss-reactive ketones (excluding diaryl/α,β-unsaturated/α-hetero) is 1. The SMILES string of the molecule is COc1ccc(CC(NC(=O)c2cccc(=O)[nH]2)C(=O)NC(CC2CCCC2)C(=O)C2(C)CO2)cc1. The Bertz CT molecular complexity index is 1150. The molecule has 4 rings (SSSR count). The van der Waals surface area contributed by atoms with Gasteiger partial charge in [-0.05, 0) is 43.0 Å². The Morgan fingerprint density at radius 2 is 1.78 bits per heavy atom. The van der Waals surface area contributed by atoms with E-state index in [4.69, 9.17) is 9.47 Å². The summed E-state index contributed by atoms with van der Waals surface area (Å²) in [6, 6.07) is 9.76. The third-order valence-corrected chi connectivity index (χ3v) is 7.01. The summed E-state index contributed by atoms with van der Waals surface area (Å²) < 4.78 is 10.6. The number of epoxide rings is 1. The summed E-state index contributed by atoms with van der Waals surface area (Å²) in [5.41, 5.74) is -0.436. The summed E-state index contributed by atoms with van der Waals surface area (Å²) in [5, 5.41) is 5.66. The number of aromatic amines is 1. The fourth-order valence-corrected chi connectivity index (χ4v) is 4.73. The van der Waals surface area contributed by atoms with Crippen molar-refractivity contribution in [1.82, 2.24) is 15.6 Å². The number of nitrogens with one attached hydrogen (secondary N) is 3. The zero-order chi connectivity index (χ0) is 25.7. The average Bonchev–Trinajstić information content (AvgIpc) is 3.41. The minimum Gasteiger partial charge on any atom is -0.497 e. The molecule has 2 aliphatic rings. The van der Waals surface area contributed by atoms with Crippen molar-refractivity contribution in [2.24, 2.45) is 5.92 Å². The fourth-order valence-electron chi connectivity index (χ4n) is 4.73. The quantitative estimate of drug-likeness (QED) is 0.410. The van der Waals surface area contributed by atoms with Gasteiger partial charge in [0.25, 0.3) is 5.91 Å². The van der Waals surface area contributed by atoms with E-state index in [1.807, 2.05) is 12.1 Å². The molecule has 1 aliphatic heterocycles. The van der Waals surface area contributed by atoms with E-state index < -0.39 is 35.1 Å². The van der Waals surface area contributed by atoms with Crippen LogP contribution in [0.4, 0.5) is 0 Å². The van der Waals surface area contributed by atoms with E-state index in [1.165, 1.54) is 18.2 Å². The van der Waals surface area contributed by atoms with Gasteiger partial charge in [-0.1, -0.05) is 43.9 Å². The first-order valence-electron chi connectivity index (χ1n) is 12.4. The highest BCUT2D eigenvalue weighted by Gasteiger charge is 2.50. The topological polar surface area (TPSA) is 130 Å². The number of carbonyl (C=O) groups is 3. The van der Waals surface area contributed by atoms with Crippen LogP contribution in [-0.4, -0.2) is 54.0 Å². The number of ketones is 1. The predicted octanol–water partition coefficient (Wildman–Crippen LogP) is 2.15. The number of hydrogen-bond donors (Lipinski definition) is 3. The number of pyridine rings is 1. The van der Waals surface area contributed by atoms with Crippen molar-refractivity contribution in [2.75, 3.05) is 13.7 Å². The number of ether oxygens (including phenoxy) is 2. The molecule has 0 spiro atoms. The minimum atomic E-state index is -0.971. The Morgan fingerprint density at radius 3 is 2.39 bits per heavy atom. The van der Waals surface area contributed by atoms with Gasteiger partial charge in [0.05, 0.1) is 19.8 Å². The largest absolute Gasteiger partial charge is 0.497 e. The fraction of sp³-hybridized carbons (Fsp3) is 0.481. The normalized spacial score (nSPS) is 20.8. The molecule has 2 fully saturated rings. The van der Waals surface area contributed by atoms with E-state index >= 15 is 0 Å². The maximum Gasteiger partial charge on any atom is 0.268 e. The molecule has 3 atom stereocenters. The smallest absolute Gasteiger partial charge is 0.268 e. The number of rotatable bonds is 11. The number of methoxy groups -OCH3 is 1. The van der Waals surface area contributed by atoms with E-state index in [2.05, 4.69) is 15.6 Å². The van der Waals surface area contributed by atoms with Crippen molar-refractivity contribution in [3.8, 4) is 5.75 Å². The Morgan fingerprint density at radius 1 is 1.08 bits per heavy atom. The highest BCUT2D eigenvalue weighted by Crippen LogP contribution is 2.33. The number of hydrogen-bond acceptors (Lipinski definition) is 6. The van der Waals surface area contributed by atoms with Crippen LogP contribution in [0.25, 0.3) is 0 Å². The predicted molar refractivity (Wildman–Crippen MR) is 133 cm³/mol. The lowest BCUT2D eigenvalue weighted by molar-refractivity contribution is -0.131. The molecule has 36 heavy (non-hydrogen) atoms. The second kappa shape index (κ2) is 11.1. The zero-order valence-corrected chi connectivity index (χ0v) is 20.7. The van der Waals surface area contributed by atoms with Gasteiger partial charge in [-0.15, -0.1) is 0 Å². The van der Waals surface area contributed by atoms with Crippen LogP contribution >= 0.6 is 0 Å². The van der Waals surface area contributed by atoms with Gasteiger partial charge in [0.15, 0.2) is 5.78 Å². The minimum absolute atomic E-state index is 0.0486. The second-order valence-electron chi connectivity index (χ2n) is 9.84. The summed E-state index contributed by atoms with van der Waals surface area (Å²) in [6.45, 7) is 2.09. The van der Waals surface area contributed by atoms with Gasteiger partial charge in [0, 0.05) is 12.5 Å². The number of benzene rings is 1. The second-order valence-corrected chi connectivity index (χ2v) is 9.84. The van der Waals surface area contributed by atoms with Gasteiger partial charge in [-0.3, -0.25) is 19.2 Å². The molecule has 2 amide bonds. The number of aromatic nitrogens is 1. The maximum atomic E-state index is 13.5. The highest BCUT2D eigenvalue weighted by atomic mass is 16.6. The van der Waals surface area contributed by atoms with Crippen LogP contribution in [0, 0.1) is 5.92 Å². The molecular weight excluding hydrogens is 462 g/mol. The highest BCUT2D eigenvalue weighted by molar-refractivity contribution is 5.99. The van der Waals surface area contributed by atoms with E-state index in [1.54, 1.807) is 26.2 Å². The standard InChI is InChI=1S/C27H33N3O6/c1-27(16-36-27)24(32)21(14-17-6-3-4-7-17)29-26(34)22(15-18-10-12-19(35-2)13-11-18)30-25(33)20-8-5-9-23(31)28-20/h5,8-13,17,21-22H,3-4,6-7,14-16H2,1-2H3,(H,28,31)(H,29,34)(H,30,33). The molecular formula is C27H33N3O6. The van der Waals surface area contributed by atoms with Crippen LogP contribution < -0.4 is 20.9 Å². The molecule has 192 valence electrons. The first-order chi connectivity index (χ1) is 17.3. The molecule has 1 aliphatic carbocycles. The van der Waals surface area contributed by atoms with Crippen molar-refractivity contribution < 1.29 is 23.9 Å². The summed E-state index contributed by atoms with van der Waals surface area (Å²) in [7, 11) is 1.57. The lowest BCUT2D eigenvalue weighted by Crippen LogP contribution is -2.54. The average molecular weight is 496 g/mol. The lowest BCUT2D eigenvalue weighted by atomic mass is 9.90. The lowest BCUT2D eigenvalue weighted by Gasteiger charge is -2.26. The number of carbonyl (C=O) groups excluding carboxylic acids is 3. The molecule has 2 aromatic rings. The van der Waals surface area contributed by atoms with Crippen molar-refractivity contribution in [3.63, 3.8) is 0 Å². The summed E-state index contributed by atoms with van der Waals surface area (Å²) in [5.74, 6) is -0.142. The van der Waals surface area contributed by atoms with E-state index in [9.17, 15) is 19.2 Å². The van der Waals surface area contributed by atoms with E-state index in [0.717, 1.165) is 31.2 Å². The van der Waals surface area contributed by atoms with Crippen molar-refractivity contribution in [1.29, 1.82) is 0 Å². The van der Waals surface area contributed by atoms with Crippen molar-refractivity contribution in [3.05, 3.63) is 64.1 Å². The number of H-pyrrole nitrogens is 1. The van der Waals surface area contributed by atoms with Crippen LogP contribution in [0.5, 0.6) is 5.75 Å². The zero-order valence-electron chi connectivity index (χ0n) is 20.7. The third-order valence-electron chi connectivity index (χ3n) is 7.01. The van der Waals surface area contributed by atoms with Gasteiger partial charge >= 0.3 is 0 Å². The van der Waals surface area contributed by atoms with Gasteiger partial charge in [-0.2, -0.15) is 0 Å². The monoisotopic (exact) mass is 495 g/mol. The van der Waals surface area contributed by atoms with Gasteiger partial charge in [0.2, 0.25) is 11.5 Å². The molecule has 3 N–H and O–H groups in total. The Labute approximate surface area is 210 Å². The summed E-state index contributed by atoms with van der Waals surface area (Å²) in [6.07, 6.45) is 5.06. The maximum absolute atomic E-state index is 13.5. The van der Waals surface area contributed by atoms with Crippen LogP contribution in [0.2, 0.25) is 0 Å². The molecule has 1 saturated carbocycles. The van der Waals surface area contributed by atoms with Crippen molar-refractivity contribution in [2.45, 2.75) is 63.1 Å². The molecule has 1 aromatic carbocycles. The molecule has 2 heterocycles. The van der Waals surface area contributed by atoms with Crippen LogP contribution in [0.1, 0.15) is 55.1 Å². The number of amides is 2.